The highest BCUT2D eigenvalue weighted by Gasteiger charge is 2.46. The number of carbonyl (C=O) groups excluding carboxylic acids is 1. The normalized spacial score (nSPS) is 18.0. The lowest BCUT2D eigenvalue weighted by atomic mass is 10.0. The number of aliphatic hydroxyl groups excluding tert-OH is 1. The number of aliphatic hydroxyl groups is 1. The van der Waals surface area contributed by atoms with E-state index in [0.717, 1.165) is 0 Å². The van der Waals surface area contributed by atoms with E-state index in [9.17, 15) is 23.1 Å². The van der Waals surface area contributed by atoms with Crippen LogP contribution in [0.3, 0.4) is 0 Å². The molecule has 2 unspecified atom stereocenters. The van der Waals surface area contributed by atoms with E-state index in [1.165, 1.54) is 23.1 Å². The van der Waals surface area contributed by atoms with Gasteiger partial charge in [-0.1, -0.05) is 10.2 Å². The van der Waals surface area contributed by atoms with E-state index < -0.39 is 24.1 Å². The van der Waals surface area contributed by atoms with Gasteiger partial charge in [0.1, 0.15) is 0 Å². The van der Waals surface area contributed by atoms with Crippen LogP contribution in [0.4, 0.5) is 18.9 Å². The molecule has 2 atom stereocenters. The minimum atomic E-state index is -4.74. The molecule has 0 radical (unpaired) electrons. The van der Waals surface area contributed by atoms with Crippen LogP contribution in [0.1, 0.15) is 22.3 Å². The Kier molecular flexibility index (Phi) is 5.93. The first-order valence-corrected chi connectivity index (χ1v) is 7.50. The van der Waals surface area contributed by atoms with Crippen molar-refractivity contribution in [3.05, 3.63) is 50.2 Å². The Balaban J connectivity index is 2.22. The van der Waals surface area contributed by atoms with Crippen molar-refractivity contribution in [2.24, 2.45) is 16.1 Å². The zero-order chi connectivity index (χ0) is 19.3. The standard InChI is InChI=1S/C14H14F3N7O2/c15-14(16,17)12(25)9-1-2-24(7-9)13(26)10-3-8(6-20-22-18)4-11(5-10)21-23-19/h3-5,9,12,25H,1-2,6-7H2. The molecule has 0 aromatic heterocycles. The summed E-state index contributed by atoms with van der Waals surface area (Å²) in [5.41, 5.74) is 17.6. The molecule has 1 aromatic rings. The van der Waals surface area contributed by atoms with Gasteiger partial charge in [-0.2, -0.15) is 13.2 Å². The van der Waals surface area contributed by atoms with Crippen LogP contribution >= 0.6 is 0 Å². The van der Waals surface area contributed by atoms with Gasteiger partial charge in [0.25, 0.3) is 5.91 Å². The van der Waals surface area contributed by atoms with Gasteiger partial charge < -0.3 is 10.0 Å². The summed E-state index contributed by atoms with van der Waals surface area (Å²) >= 11 is 0. The molecule has 0 saturated carbocycles. The van der Waals surface area contributed by atoms with Crippen molar-refractivity contribution in [3.8, 4) is 0 Å². The number of rotatable bonds is 5. The van der Waals surface area contributed by atoms with Crippen LogP contribution in [0, 0.1) is 5.92 Å². The van der Waals surface area contributed by atoms with Crippen LogP contribution < -0.4 is 0 Å². The van der Waals surface area contributed by atoms with Crippen LogP contribution in [0.25, 0.3) is 20.9 Å². The summed E-state index contributed by atoms with van der Waals surface area (Å²) in [5.74, 6) is -1.65. The number of alkyl halides is 3. The van der Waals surface area contributed by atoms with E-state index in [1.807, 2.05) is 0 Å². The second-order valence-corrected chi connectivity index (χ2v) is 5.75. The summed E-state index contributed by atoms with van der Waals surface area (Å²) in [6, 6.07) is 4.15. The molecule has 0 bridgehead atoms. The third kappa shape index (κ3) is 4.57. The Bertz CT molecular complexity index is 785. The number of halogens is 3. The van der Waals surface area contributed by atoms with Crippen molar-refractivity contribution in [2.75, 3.05) is 13.1 Å². The van der Waals surface area contributed by atoms with Gasteiger partial charge in [0.15, 0.2) is 6.10 Å². The molecule has 1 aliphatic heterocycles. The second kappa shape index (κ2) is 7.96. The van der Waals surface area contributed by atoms with Crippen molar-refractivity contribution in [1.29, 1.82) is 0 Å². The average Bonchev–Trinajstić information content (AvgIpc) is 3.07. The van der Waals surface area contributed by atoms with Gasteiger partial charge in [-0.25, -0.2) is 0 Å². The number of hydrogen-bond donors (Lipinski definition) is 1. The number of benzene rings is 1. The third-order valence-electron chi connectivity index (χ3n) is 4.00. The first kappa shape index (κ1) is 19.4. The Hall–Kier alpha value is -2.94. The SMILES string of the molecule is [N-]=[N+]=NCc1cc(N=[N+]=[N-])cc(C(=O)N2CCC(C(O)C(F)(F)F)C2)c1. The lowest BCUT2D eigenvalue weighted by Gasteiger charge is -2.22. The van der Waals surface area contributed by atoms with Crippen LogP contribution in [-0.2, 0) is 6.54 Å². The summed E-state index contributed by atoms with van der Waals surface area (Å²) < 4.78 is 37.9. The molecule has 1 fully saturated rings. The first-order chi connectivity index (χ1) is 12.3. The second-order valence-electron chi connectivity index (χ2n) is 5.75. The number of amides is 1. The van der Waals surface area contributed by atoms with Gasteiger partial charge in [-0.05, 0) is 41.2 Å². The van der Waals surface area contributed by atoms with Crippen LogP contribution in [0.2, 0.25) is 0 Å². The molecule has 1 amide bonds. The molecule has 26 heavy (non-hydrogen) atoms. The molecular formula is C14H14F3N7O2. The minimum Gasteiger partial charge on any atom is -0.383 e. The summed E-state index contributed by atoms with van der Waals surface area (Å²) in [4.78, 5) is 19.0. The van der Waals surface area contributed by atoms with E-state index in [2.05, 4.69) is 20.1 Å². The van der Waals surface area contributed by atoms with Gasteiger partial charge in [-0.3, -0.25) is 4.79 Å². The summed E-state index contributed by atoms with van der Waals surface area (Å²) in [5, 5.41) is 16.1. The lowest BCUT2D eigenvalue weighted by molar-refractivity contribution is -0.217. The molecule has 12 heteroatoms. The van der Waals surface area contributed by atoms with E-state index in [4.69, 9.17) is 11.1 Å². The fourth-order valence-corrected chi connectivity index (χ4v) is 2.79. The largest absolute Gasteiger partial charge is 0.414 e. The van der Waals surface area contributed by atoms with E-state index in [1.54, 1.807) is 0 Å². The molecule has 9 nitrogen and oxygen atoms in total. The molecule has 0 aliphatic carbocycles. The number of hydrogen-bond acceptors (Lipinski definition) is 4. The predicted molar refractivity (Wildman–Crippen MR) is 84.2 cm³/mol. The van der Waals surface area contributed by atoms with Crippen molar-refractivity contribution >= 4 is 11.6 Å². The predicted octanol–water partition coefficient (Wildman–Crippen LogP) is 3.82. The Morgan fingerprint density at radius 3 is 2.69 bits per heavy atom. The molecule has 1 aliphatic rings. The topological polar surface area (TPSA) is 138 Å². The maximum Gasteiger partial charge on any atom is 0.414 e. The molecule has 1 aromatic carbocycles. The number of nitrogens with zero attached hydrogens (tertiary/aromatic N) is 7. The summed E-state index contributed by atoms with van der Waals surface area (Å²) in [6.07, 6.45) is -7.21. The highest BCUT2D eigenvalue weighted by molar-refractivity contribution is 5.95. The highest BCUT2D eigenvalue weighted by Crippen LogP contribution is 2.32. The monoisotopic (exact) mass is 369 g/mol. The van der Waals surface area contributed by atoms with Crippen LogP contribution in [-0.4, -0.2) is 41.3 Å². The lowest BCUT2D eigenvalue weighted by Crippen LogP contribution is -2.38. The van der Waals surface area contributed by atoms with Gasteiger partial charge in [0, 0.05) is 40.1 Å². The Morgan fingerprint density at radius 1 is 1.35 bits per heavy atom. The number of carbonyl (C=O) groups is 1. The van der Waals surface area contributed by atoms with E-state index >= 15 is 0 Å². The quantitative estimate of drug-likeness (QED) is 0.479. The average molecular weight is 369 g/mol. The van der Waals surface area contributed by atoms with Crippen LogP contribution in [0.15, 0.2) is 28.4 Å². The molecule has 138 valence electrons. The highest BCUT2D eigenvalue weighted by atomic mass is 19.4. The number of azide groups is 2. The van der Waals surface area contributed by atoms with Crippen molar-refractivity contribution in [2.45, 2.75) is 25.2 Å². The van der Waals surface area contributed by atoms with E-state index in [0.29, 0.717) is 5.56 Å². The Labute approximate surface area is 145 Å². The van der Waals surface area contributed by atoms with Gasteiger partial charge in [0.2, 0.25) is 0 Å². The fraction of sp³-hybridized carbons (Fsp3) is 0.500. The third-order valence-corrected chi connectivity index (χ3v) is 4.00. The molecule has 1 N–H and O–H groups in total. The number of likely N-dealkylation sites (tertiary alicyclic amines) is 1. The maximum atomic E-state index is 12.6. The van der Waals surface area contributed by atoms with Gasteiger partial charge >= 0.3 is 6.18 Å². The molecular weight excluding hydrogens is 355 g/mol. The van der Waals surface area contributed by atoms with E-state index in [-0.39, 0.29) is 37.3 Å². The van der Waals surface area contributed by atoms with Gasteiger partial charge in [-0.15, -0.1) is 0 Å². The molecule has 1 saturated heterocycles. The summed E-state index contributed by atoms with van der Waals surface area (Å²) in [6.45, 7) is -0.258. The molecule has 2 rings (SSSR count). The first-order valence-electron chi connectivity index (χ1n) is 7.50. The van der Waals surface area contributed by atoms with Crippen molar-refractivity contribution in [3.63, 3.8) is 0 Å². The van der Waals surface area contributed by atoms with Crippen LogP contribution in [0.5, 0.6) is 0 Å². The summed E-state index contributed by atoms with van der Waals surface area (Å²) in [7, 11) is 0. The van der Waals surface area contributed by atoms with Gasteiger partial charge in [0.05, 0.1) is 6.54 Å². The Morgan fingerprint density at radius 2 is 2.08 bits per heavy atom. The van der Waals surface area contributed by atoms with Crippen molar-refractivity contribution < 1.29 is 23.1 Å². The smallest absolute Gasteiger partial charge is 0.383 e. The van der Waals surface area contributed by atoms with Crippen molar-refractivity contribution in [1.82, 2.24) is 4.90 Å². The molecule has 0 spiro atoms. The zero-order valence-corrected chi connectivity index (χ0v) is 13.3. The fourth-order valence-electron chi connectivity index (χ4n) is 2.79. The minimum absolute atomic E-state index is 0.0219. The molecule has 1 heterocycles. The zero-order valence-electron chi connectivity index (χ0n) is 13.3. The maximum absolute atomic E-state index is 12.6.